The fraction of sp³-hybridized carbons (Fsp3) is 0.467. The predicted octanol–water partition coefficient (Wildman–Crippen LogP) is 2.18. The lowest BCUT2D eigenvalue weighted by atomic mass is 10.1. The molecular formula is C15H17F2N5O2. The minimum atomic E-state index is -2.77. The van der Waals surface area contributed by atoms with Crippen molar-refractivity contribution in [2.24, 2.45) is 7.05 Å². The number of aliphatic carboxylic acids is 1. The number of carboxylic acid groups (broad SMARTS) is 1. The van der Waals surface area contributed by atoms with Crippen molar-refractivity contribution in [2.45, 2.75) is 32.2 Å². The Labute approximate surface area is 136 Å². The van der Waals surface area contributed by atoms with Crippen LogP contribution in [0.2, 0.25) is 0 Å². The molecule has 1 aliphatic heterocycles. The highest BCUT2D eigenvalue weighted by Crippen LogP contribution is 2.30. The van der Waals surface area contributed by atoms with Crippen LogP contribution in [0.3, 0.4) is 0 Å². The monoisotopic (exact) mass is 337 g/mol. The Hall–Kier alpha value is -2.58. The zero-order chi connectivity index (χ0) is 17.4. The molecule has 3 heterocycles. The first-order valence-electron chi connectivity index (χ1n) is 7.54. The number of aromatic nitrogens is 4. The zero-order valence-corrected chi connectivity index (χ0v) is 13.3. The van der Waals surface area contributed by atoms with E-state index in [1.54, 1.807) is 24.9 Å². The molecule has 1 fully saturated rings. The van der Waals surface area contributed by atoms with Crippen molar-refractivity contribution in [3.8, 4) is 11.3 Å². The van der Waals surface area contributed by atoms with E-state index in [9.17, 15) is 18.7 Å². The van der Waals surface area contributed by atoms with Crippen LogP contribution < -0.4 is 4.90 Å². The van der Waals surface area contributed by atoms with E-state index in [4.69, 9.17) is 0 Å². The first kappa shape index (κ1) is 16.3. The van der Waals surface area contributed by atoms with Gasteiger partial charge in [-0.3, -0.25) is 4.68 Å². The molecule has 0 radical (unpaired) electrons. The van der Waals surface area contributed by atoms with E-state index in [2.05, 4.69) is 15.1 Å². The number of carboxylic acids is 1. The summed E-state index contributed by atoms with van der Waals surface area (Å²) in [6.07, 6.45) is 0.0164. The van der Waals surface area contributed by atoms with Gasteiger partial charge in [0, 0.05) is 25.4 Å². The van der Waals surface area contributed by atoms with Crippen molar-refractivity contribution in [2.75, 3.05) is 11.4 Å². The van der Waals surface area contributed by atoms with Crippen LogP contribution in [0.15, 0.2) is 12.3 Å². The third-order valence-electron chi connectivity index (χ3n) is 4.04. The van der Waals surface area contributed by atoms with E-state index in [1.165, 1.54) is 11.0 Å². The maximum absolute atomic E-state index is 13.2. The average Bonchev–Trinajstić information content (AvgIpc) is 3.13. The zero-order valence-electron chi connectivity index (χ0n) is 13.3. The van der Waals surface area contributed by atoms with Crippen LogP contribution >= 0.6 is 0 Å². The van der Waals surface area contributed by atoms with Gasteiger partial charge in [-0.1, -0.05) is 0 Å². The fourth-order valence-corrected chi connectivity index (χ4v) is 2.94. The summed E-state index contributed by atoms with van der Waals surface area (Å²) in [5.41, 5.74) is 1.17. The summed E-state index contributed by atoms with van der Waals surface area (Å²) < 4.78 is 28.1. The number of carbonyl (C=O) groups is 1. The largest absolute Gasteiger partial charge is 0.480 e. The van der Waals surface area contributed by atoms with Gasteiger partial charge in [-0.15, -0.1) is 0 Å². The van der Waals surface area contributed by atoms with E-state index in [0.29, 0.717) is 36.3 Å². The molecule has 0 saturated carbocycles. The Morgan fingerprint density at radius 3 is 2.75 bits per heavy atom. The van der Waals surface area contributed by atoms with Crippen molar-refractivity contribution < 1.29 is 18.7 Å². The number of halogens is 2. The molecular weight excluding hydrogens is 320 g/mol. The predicted molar refractivity (Wildman–Crippen MR) is 81.9 cm³/mol. The van der Waals surface area contributed by atoms with Crippen LogP contribution in [0.4, 0.5) is 14.7 Å². The summed E-state index contributed by atoms with van der Waals surface area (Å²) in [6, 6.07) is 0.435. The fourth-order valence-electron chi connectivity index (χ4n) is 2.94. The van der Waals surface area contributed by atoms with E-state index < -0.39 is 24.1 Å². The number of anilines is 1. The van der Waals surface area contributed by atoms with Gasteiger partial charge in [-0.05, 0) is 25.8 Å². The molecule has 24 heavy (non-hydrogen) atoms. The lowest BCUT2D eigenvalue weighted by Crippen LogP contribution is -2.37. The standard InChI is InChI=1S/C15H17F2N5O2/c1-8-9(7-21(2)20-8)10-6-11(13(16)17)19-15(18-10)22-5-3-4-12(22)14(23)24/h6-7,12-13H,3-5H2,1-2H3,(H,23,24)/t12-/m0/s1. The van der Waals surface area contributed by atoms with Crippen LogP contribution in [0.1, 0.15) is 30.7 Å². The van der Waals surface area contributed by atoms with Gasteiger partial charge in [0.05, 0.1) is 11.4 Å². The first-order valence-corrected chi connectivity index (χ1v) is 7.54. The SMILES string of the molecule is Cc1nn(C)cc1-c1cc(C(F)F)nc(N2CCC[C@H]2C(=O)O)n1. The second kappa shape index (κ2) is 6.14. The number of rotatable bonds is 4. The average molecular weight is 337 g/mol. The van der Waals surface area contributed by atoms with Gasteiger partial charge in [0.1, 0.15) is 11.7 Å². The van der Waals surface area contributed by atoms with E-state index >= 15 is 0 Å². The molecule has 128 valence electrons. The maximum atomic E-state index is 13.2. The van der Waals surface area contributed by atoms with Gasteiger partial charge >= 0.3 is 5.97 Å². The number of alkyl halides is 2. The Bertz CT molecular complexity index is 777. The third-order valence-corrected chi connectivity index (χ3v) is 4.04. The molecule has 1 atom stereocenters. The normalized spacial score (nSPS) is 17.7. The van der Waals surface area contributed by atoms with Gasteiger partial charge in [0.15, 0.2) is 0 Å². The van der Waals surface area contributed by atoms with Crippen LogP contribution in [0, 0.1) is 6.92 Å². The topological polar surface area (TPSA) is 84.1 Å². The number of hydrogen-bond acceptors (Lipinski definition) is 5. The number of nitrogens with zero attached hydrogens (tertiary/aromatic N) is 5. The molecule has 7 nitrogen and oxygen atoms in total. The van der Waals surface area contributed by atoms with Crippen molar-refractivity contribution in [3.63, 3.8) is 0 Å². The van der Waals surface area contributed by atoms with Crippen LogP contribution in [-0.4, -0.2) is 43.4 Å². The van der Waals surface area contributed by atoms with Crippen molar-refractivity contribution in [1.29, 1.82) is 0 Å². The molecule has 1 N–H and O–H groups in total. The lowest BCUT2D eigenvalue weighted by Gasteiger charge is -2.22. The van der Waals surface area contributed by atoms with E-state index in [-0.39, 0.29) is 5.95 Å². The Morgan fingerprint density at radius 1 is 1.42 bits per heavy atom. The highest BCUT2D eigenvalue weighted by Gasteiger charge is 2.33. The molecule has 1 aliphatic rings. The molecule has 0 aliphatic carbocycles. The van der Waals surface area contributed by atoms with Gasteiger partial charge in [-0.2, -0.15) is 5.10 Å². The lowest BCUT2D eigenvalue weighted by molar-refractivity contribution is -0.138. The Balaban J connectivity index is 2.10. The van der Waals surface area contributed by atoms with E-state index in [0.717, 1.165) is 0 Å². The highest BCUT2D eigenvalue weighted by molar-refractivity contribution is 5.78. The molecule has 0 aromatic carbocycles. The second-order valence-electron chi connectivity index (χ2n) is 5.77. The van der Waals surface area contributed by atoms with Crippen molar-refractivity contribution in [3.05, 3.63) is 23.7 Å². The maximum Gasteiger partial charge on any atom is 0.326 e. The van der Waals surface area contributed by atoms with Gasteiger partial charge in [-0.25, -0.2) is 23.5 Å². The summed E-state index contributed by atoms with van der Waals surface area (Å²) in [5, 5.41) is 13.5. The second-order valence-corrected chi connectivity index (χ2v) is 5.77. The summed E-state index contributed by atoms with van der Waals surface area (Å²) in [4.78, 5) is 21.1. The van der Waals surface area contributed by atoms with Gasteiger partial charge in [0.25, 0.3) is 6.43 Å². The Kier molecular flexibility index (Phi) is 4.16. The quantitative estimate of drug-likeness (QED) is 0.920. The van der Waals surface area contributed by atoms with Crippen LogP contribution in [0.25, 0.3) is 11.3 Å². The molecule has 3 rings (SSSR count). The first-order chi connectivity index (χ1) is 11.4. The van der Waals surface area contributed by atoms with Crippen molar-refractivity contribution >= 4 is 11.9 Å². The van der Waals surface area contributed by atoms with Gasteiger partial charge < -0.3 is 10.0 Å². The number of aryl methyl sites for hydroxylation is 2. The Morgan fingerprint density at radius 2 is 2.17 bits per heavy atom. The minimum absolute atomic E-state index is 0.0240. The third kappa shape index (κ3) is 2.93. The molecule has 2 aromatic heterocycles. The smallest absolute Gasteiger partial charge is 0.326 e. The molecule has 0 bridgehead atoms. The molecule has 0 amide bonds. The molecule has 0 unspecified atom stereocenters. The summed E-state index contributed by atoms with van der Waals surface area (Å²) >= 11 is 0. The molecule has 0 spiro atoms. The minimum Gasteiger partial charge on any atom is -0.480 e. The summed E-state index contributed by atoms with van der Waals surface area (Å²) in [7, 11) is 1.73. The molecule has 9 heteroatoms. The number of hydrogen-bond donors (Lipinski definition) is 1. The van der Waals surface area contributed by atoms with Crippen LogP contribution in [-0.2, 0) is 11.8 Å². The molecule has 2 aromatic rings. The molecule has 1 saturated heterocycles. The summed E-state index contributed by atoms with van der Waals surface area (Å²) in [6.45, 7) is 2.18. The van der Waals surface area contributed by atoms with Crippen LogP contribution in [0.5, 0.6) is 0 Å². The van der Waals surface area contributed by atoms with E-state index in [1.807, 2.05) is 0 Å². The highest BCUT2D eigenvalue weighted by atomic mass is 19.3. The summed E-state index contributed by atoms with van der Waals surface area (Å²) in [5.74, 6) is -0.978. The van der Waals surface area contributed by atoms with Crippen molar-refractivity contribution in [1.82, 2.24) is 19.7 Å². The van der Waals surface area contributed by atoms with Gasteiger partial charge in [0.2, 0.25) is 5.95 Å².